The van der Waals surface area contributed by atoms with Crippen LogP contribution < -0.4 is 0 Å². The number of aromatic nitrogens is 2. The molecule has 0 amide bonds. The Morgan fingerprint density at radius 3 is 2.19 bits per heavy atom. The highest BCUT2D eigenvalue weighted by Crippen LogP contribution is 2.46. The minimum Gasteiger partial charge on any atom is -0.240 e. The highest BCUT2D eigenvalue weighted by atomic mass is 32.1. The Bertz CT molecular complexity index is 1960. The van der Waals surface area contributed by atoms with E-state index in [1.807, 2.05) is 22.7 Å². The van der Waals surface area contributed by atoms with E-state index in [9.17, 15) is 0 Å². The van der Waals surface area contributed by atoms with Gasteiger partial charge in [0.2, 0.25) is 0 Å². The van der Waals surface area contributed by atoms with Crippen molar-refractivity contribution in [1.82, 2.24) is 9.97 Å². The Hall–Kier alpha value is -3.34. The van der Waals surface area contributed by atoms with Gasteiger partial charge in [0.15, 0.2) is 0 Å². The number of hydrogen-bond acceptors (Lipinski definition) is 4. The molecule has 7 rings (SSSR count). The molecule has 0 saturated heterocycles. The number of benzene rings is 5. The smallest absolute Gasteiger partial charge is 0.104 e. The molecule has 0 N–H and O–H groups in total. The first-order valence-corrected chi connectivity index (χ1v) is 14.1. The van der Waals surface area contributed by atoms with Crippen molar-refractivity contribution in [3.05, 3.63) is 94.4 Å². The van der Waals surface area contributed by atoms with E-state index in [0.29, 0.717) is 5.92 Å². The molecule has 0 atom stereocenters. The zero-order valence-electron chi connectivity index (χ0n) is 20.8. The van der Waals surface area contributed by atoms with Crippen molar-refractivity contribution in [2.45, 2.75) is 39.0 Å². The molecular weight excluding hydrogens is 477 g/mol. The molecule has 176 valence electrons. The molecule has 5 aromatic carbocycles. The van der Waals surface area contributed by atoms with Crippen LogP contribution in [0.2, 0.25) is 0 Å². The van der Waals surface area contributed by atoms with Crippen LogP contribution in [0.15, 0.2) is 78.9 Å². The minimum atomic E-state index is -0.266. The topological polar surface area (TPSA) is 25.8 Å². The summed E-state index contributed by atoms with van der Waals surface area (Å²) in [5, 5.41) is 10.0. The fourth-order valence-corrected chi connectivity index (χ4v) is 7.79. The van der Waals surface area contributed by atoms with E-state index < -0.39 is 0 Å². The molecule has 2 aromatic heterocycles. The zero-order valence-corrected chi connectivity index (χ0v) is 22.4. The molecule has 0 aliphatic carbocycles. The Balaban J connectivity index is 1.55. The Labute approximate surface area is 218 Å². The molecule has 0 unspecified atom stereocenters. The van der Waals surface area contributed by atoms with Gasteiger partial charge in [-0.3, -0.25) is 0 Å². The number of fused-ring (bicyclic) bond motifs is 9. The van der Waals surface area contributed by atoms with Gasteiger partial charge in [-0.2, -0.15) is 0 Å². The molecular formula is C32H26N2S2. The lowest BCUT2D eigenvalue weighted by Crippen LogP contribution is -2.19. The first-order chi connectivity index (χ1) is 17.4. The second-order valence-corrected chi connectivity index (χ2v) is 12.5. The zero-order chi connectivity index (χ0) is 24.6. The number of hydrogen-bond donors (Lipinski definition) is 0. The van der Waals surface area contributed by atoms with Crippen molar-refractivity contribution in [2.75, 3.05) is 0 Å². The standard InChI is InChI=1S/C32H26N2S2/c1-18(2)30-34-27-23-14-9-15-24(26(23)21-12-7-8-13-22(21)29(27)35-30)32(3,4)31-33-25-17-16-19-10-5-6-11-20(19)28(25)36-31/h5-18H,1-4H3. The summed E-state index contributed by atoms with van der Waals surface area (Å²) in [7, 11) is 0. The van der Waals surface area contributed by atoms with E-state index in [0.717, 1.165) is 16.0 Å². The van der Waals surface area contributed by atoms with E-state index in [1.54, 1.807) is 0 Å². The maximum absolute atomic E-state index is 5.19. The van der Waals surface area contributed by atoms with Crippen molar-refractivity contribution < 1.29 is 0 Å². The first-order valence-electron chi connectivity index (χ1n) is 12.5. The summed E-state index contributed by atoms with van der Waals surface area (Å²) < 4.78 is 2.56. The quantitative estimate of drug-likeness (QED) is 0.225. The van der Waals surface area contributed by atoms with E-state index in [-0.39, 0.29) is 5.41 Å². The Kier molecular flexibility index (Phi) is 4.76. The fraction of sp³-hybridized carbons (Fsp3) is 0.188. The molecule has 36 heavy (non-hydrogen) atoms. The molecule has 0 aliphatic heterocycles. The third kappa shape index (κ3) is 3.07. The average molecular weight is 503 g/mol. The van der Waals surface area contributed by atoms with Gasteiger partial charge in [0, 0.05) is 27.5 Å². The van der Waals surface area contributed by atoms with Crippen LogP contribution in [0.25, 0.3) is 52.8 Å². The van der Waals surface area contributed by atoms with Crippen LogP contribution in [0.5, 0.6) is 0 Å². The molecule has 0 saturated carbocycles. The minimum absolute atomic E-state index is 0.266. The van der Waals surface area contributed by atoms with Gasteiger partial charge in [-0.25, -0.2) is 9.97 Å². The van der Waals surface area contributed by atoms with Gasteiger partial charge in [-0.1, -0.05) is 86.6 Å². The van der Waals surface area contributed by atoms with Gasteiger partial charge >= 0.3 is 0 Å². The molecule has 2 nitrogen and oxygen atoms in total. The van der Waals surface area contributed by atoms with Crippen molar-refractivity contribution >= 4 is 75.4 Å². The summed E-state index contributed by atoms with van der Waals surface area (Å²) in [6.45, 7) is 9.10. The van der Waals surface area contributed by atoms with Crippen LogP contribution in [0.4, 0.5) is 0 Å². The van der Waals surface area contributed by atoms with Gasteiger partial charge in [-0.05, 0) is 41.6 Å². The van der Waals surface area contributed by atoms with Crippen LogP contribution in [0, 0.1) is 0 Å². The monoisotopic (exact) mass is 502 g/mol. The maximum Gasteiger partial charge on any atom is 0.104 e. The summed E-state index contributed by atoms with van der Waals surface area (Å²) >= 11 is 3.67. The molecule has 0 fully saturated rings. The Morgan fingerprint density at radius 1 is 0.667 bits per heavy atom. The van der Waals surface area contributed by atoms with Crippen LogP contribution in [0.3, 0.4) is 0 Å². The van der Waals surface area contributed by atoms with Crippen molar-refractivity contribution in [1.29, 1.82) is 0 Å². The lowest BCUT2D eigenvalue weighted by Gasteiger charge is -2.25. The van der Waals surface area contributed by atoms with Gasteiger partial charge < -0.3 is 0 Å². The lowest BCUT2D eigenvalue weighted by atomic mass is 9.80. The van der Waals surface area contributed by atoms with E-state index in [1.165, 1.54) is 52.3 Å². The summed E-state index contributed by atoms with van der Waals surface area (Å²) in [6.07, 6.45) is 0. The lowest BCUT2D eigenvalue weighted by molar-refractivity contribution is 0.643. The average Bonchev–Trinajstić information content (AvgIpc) is 3.55. The Morgan fingerprint density at radius 2 is 1.39 bits per heavy atom. The third-order valence-electron chi connectivity index (χ3n) is 7.39. The van der Waals surface area contributed by atoms with Gasteiger partial charge in [0.25, 0.3) is 0 Å². The molecule has 4 heteroatoms. The van der Waals surface area contributed by atoms with Crippen LogP contribution in [0.1, 0.15) is 49.2 Å². The molecule has 0 bridgehead atoms. The van der Waals surface area contributed by atoms with E-state index >= 15 is 0 Å². The van der Waals surface area contributed by atoms with Gasteiger partial charge in [0.05, 0.1) is 25.4 Å². The van der Waals surface area contributed by atoms with Crippen LogP contribution in [-0.4, -0.2) is 9.97 Å². The SMILES string of the molecule is CC(C)c1nc2c3cccc(C(C)(C)c4nc5ccc6ccccc6c5s4)c3c3ccccc3c2s1. The van der Waals surface area contributed by atoms with Gasteiger partial charge in [0.1, 0.15) is 5.01 Å². The highest BCUT2D eigenvalue weighted by molar-refractivity contribution is 7.20. The van der Waals surface area contributed by atoms with Crippen LogP contribution >= 0.6 is 22.7 Å². The maximum atomic E-state index is 5.19. The van der Waals surface area contributed by atoms with E-state index in [4.69, 9.17) is 9.97 Å². The second-order valence-electron chi connectivity index (χ2n) is 10.4. The third-order valence-corrected chi connectivity index (χ3v) is 10.2. The molecule has 2 heterocycles. The first kappa shape index (κ1) is 21.9. The fourth-order valence-electron chi connectivity index (χ4n) is 5.45. The van der Waals surface area contributed by atoms with Crippen molar-refractivity contribution in [3.8, 4) is 0 Å². The number of thiazole rings is 2. The summed E-state index contributed by atoms with van der Waals surface area (Å²) in [5.74, 6) is 0.411. The summed E-state index contributed by atoms with van der Waals surface area (Å²) in [4.78, 5) is 10.4. The molecule has 0 spiro atoms. The largest absolute Gasteiger partial charge is 0.240 e. The van der Waals surface area contributed by atoms with Crippen molar-refractivity contribution in [3.63, 3.8) is 0 Å². The molecule has 0 radical (unpaired) electrons. The summed E-state index contributed by atoms with van der Waals surface area (Å²) in [5.41, 5.74) is 3.25. The normalized spacial score (nSPS) is 12.7. The predicted molar refractivity (Wildman–Crippen MR) is 158 cm³/mol. The predicted octanol–water partition coefficient (Wildman–Crippen LogP) is 9.81. The van der Waals surface area contributed by atoms with Crippen LogP contribution in [-0.2, 0) is 5.41 Å². The number of rotatable bonds is 3. The number of nitrogens with zero attached hydrogens (tertiary/aromatic N) is 2. The van der Waals surface area contributed by atoms with Crippen molar-refractivity contribution in [2.24, 2.45) is 0 Å². The van der Waals surface area contributed by atoms with E-state index in [2.05, 4.69) is 107 Å². The molecule has 7 aromatic rings. The summed E-state index contributed by atoms with van der Waals surface area (Å²) in [6, 6.07) is 28.5. The molecule has 0 aliphatic rings. The van der Waals surface area contributed by atoms with Gasteiger partial charge in [-0.15, -0.1) is 22.7 Å². The second kappa shape index (κ2) is 7.83. The highest BCUT2D eigenvalue weighted by Gasteiger charge is 2.30.